The minimum atomic E-state index is -0.867. The number of aromatic carboxylic acids is 1. The maximum absolute atomic E-state index is 10.9. The lowest BCUT2D eigenvalue weighted by molar-refractivity contribution is 0.0697. The molecule has 0 unspecified atom stereocenters. The summed E-state index contributed by atoms with van der Waals surface area (Å²) in [5, 5.41) is 12.1. The zero-order chi connectivity index (χ0) is 14.7. The molecule has 1 N–H and O–H groups in total. The second-order valence-corrected chi connectivity index (χ2v) is 6.35. The van der Waals surface area contributed by atoms with E-state index in [9.17, 15) is 4.79 Å². The number of hydrogen-bond donors (Lipinski definition) is 1. The highest BCUT2D eigenvalue weighted by Gasteiger charge is 2.21. The predicted molar refractivity (Wildman–Crippen MR) is 84.2 cm³/mol. The SMILES string of the molecule is O=C(O)c1ccc(C[C@H]2CCCN(c3nccs3)C2)cc1. The average Bonchev–Trinajstić information content (AvgIpc) is 3.02. The van der Waals surface area contributed by atoms with Crippen LogP contribution in [0.1, 0.15) is 28.8 Å². The van der Waals surface area contributed by atoms with Crippen molar-refractivity contribution in [3.63, 3.8) is 0 Å². The number of anilines is 1. The normalized spacial score (nSPS) is 18.7. The van der Waals surface area contributed by atoms with Crippen molar-refractivity contribution in [3.8, 4) is 0 Å². The number of aromatic nitrogens is 1. The van der Waals surface area contributed by atoms with Crippen molar-refractivity contribution in [2.24, 2.45) is 5.92 Å². The summed E-state index contributed by atoms with van der Waals surface area (Å²) in [5.41, 5.74) is 1.57. The summed E-state index contributed by atoms with van der Waals surface area (Å²) in [5.74, 6) is -0.257. The van der Waals surface area contributed by atoms with Crippen molar-refractivity contribution < 1.29 is 9.90 Å². The summed E-state index contributed by atoms with van der Waals surface area (Å²) in [6, 6.07) is 7.26. The molecule has 1 aliphatic rings. The molecule has 0 radical (unpaired) electrons. The molecule has 1 fully saturated rings. The summed E-state index contributed by atoms with van der Waals surface area (Å²) < 4.78 is 0. The number of piperidine rings is 1. The average molecular weight is 302 g/mol. The fraction of sp³-hybridized carbons (Fsp3) is 0.375. The van der Waals surface area contributed by atoms with Gasteiger partial charge < -0.3 is 10.0 Å². The molecule has 21 heavy (non-hydrogen) atoms. The molecule has 5 heteroatoms. The van der Waals surface area contributed by atoms with Crippen molar-refractivity contribution in [3.05, 3.63) is 47.0 Å². The first kappa shape index (κ1) is 14.1. The summed E-state index contributed by atoms with van der Waals surface area (Å²) in [7, 11) is 0. The van der Waals surface area contributed by atoms with Gasteiger partial charge in [0.15, 0.2) is 5.13 Å². The monoisotopic (exact) mass is 302 g/mol. The van der Waals surface area contributed by atoms with E-state index >= 15 is 0 Å². The van der Waals surface area contributed by atoms with Crippen molar-refractivity contribution >= 4 is 22.4 Å². The molecular weight excluding hydrogens is 284 g/mol. The Bertz CT molecular complexity index is 595. The molecule has 1 aromatic heterocycles. The van der Waals surface area contributed by atoms with Gasteiger partial charge in [-0.25, -0.2) is 9.78 Å². The third kappa shape index (κ3) is 3.42. The first-order chi connectivity index (χ1) is 10.2. The Morgan fingerprint density at radius 3 is 2.86 bits per heavy atom. The van der Waals surface area contributed by atoms with Crippen LogP contribution in [0.5, 0.6) is 0 Å². The van der Waals surface area contributed by atoms with Gasteiger partial charge >= 0.3 is 5.97 Å². The van der Waals surface area contributed by atoms with Gasteiger partial charge in [-0.15, -0.1) is 11.3 Å². The number of carbonyl (C=O) groups is 1. The molecule has 0 spiro atoms. The van der Waals surface area contributed by atoms with Crippen molar-refractivity contribution in [1.29, 1.82) is 0 Å². The summed E-state index contributed by atoms with van der Waals surface area (Å²) in [6.45, 7) is 2.12. The third-order valence-corrected chi connectivity index (χ3v) is 4.77. The van der Waals surface area contributed by atoms with Crippen LogP contribution in [0.4, 0.5) is 5.13 Å². The van der Waals surface area contributed by atoms with Gasteiger partial charge in [0.05, 0.1) is 5.56 Å². The van der Waals surface area contributed by atoms with Gasteiger partial charge in [0.1, 0.15) is 0 Å². The van der Waals surface area contributed by atoms with Gasteiger partial charge in [0, 0.05) is 24.7 Å². The number of carboxylic acid groups (broad SMARTS) is 1. The molecule has 1 aliphatic heterocycles. The number of thiazole rings is 1. The molecule has 0 saturated carbocycles. The third-order valence-electron chi connectivity index (χ3n) is 3.93. The number of nitrogens with zero attached hydrogens (tertiary/aromatic N) is 2. The summed E-state index contributed by atoms with van der Waals surface area (Å²) in [6.07, 6.45) is 5.27. The van der Waals surface area contributed by atoms with Crippen LogP contribution in [-0.2, 0) is 6.42 Å². The van der Waals surface area contributed by atoms with Gasteiger partial charge in [-0.2, -0.15) is 0 Å². The van der Waals surface area contributed by atoms with Gasteiger partial charge in [0.25, 0.3) is 0 Å². The smallest absolute Gasteiger partial charge is 0.335 e. The van der Waals surface area contributed by atoms with Crippen LogP contribution in [0.25, 0.3) is 0 Å². The lowest BCUT2D eigenvalue weighted by Gasteiger charge is -2.32. The maximum Gasteiger partial charge on any atom is 0.335 e. The van der Waals surface area contributed by atoms with Crippen LogP contribution in [0.15, 0.2) is 35.8 Å². The molecule has 2 aromatic rings. The van der Waals surface area contributed by atoms with E-state index < -0.39 is 5.97 Å². The molecule has 1 aromatic carbocycles. The Kier molecular flexibility index (Phi) is 4.20. The quantitative estimate of drug-likeness (QED) is 0.941. The maximum atomic E-state index is 10.9. The molecular formula is C16H18N2O2S. The highest BCUT2D eigenvalue weighted by atomic mass is 32.1. The van der Waals surface area contributed by atoms with Gasteiger partial charge in [-0.3, -0.25) is 0 Å². The number of benzene rings is 1. The standard InChI is InChI=1S/C16H18N2O2S/c19-15(20)14-5-3-12(4-6-14)10-13-2-1-8-18(11-13)16-17-7-9-21-16/h3-7,9,13H,1-2,8,10-11H2,(H,19,20)/t13-/m1/s1. The van der Waals surface area contributed by atoms with E-state index in [1.165, 1.54) is 18.4 Å². The minimum Gasteiger partial charge on any atom is -0.478 e. The Morgan fingerprint density at radius 2 is 2.19 bits per heavy atom. The molecule has 2 heterocycles. The topological polar surface area (TPSA) is 53.4 Å². The molecule has 3 rings (SSSR count). The molecule has 4 nitrogen and oxygen atoms in total. The van der Waals surface area contributed by atoms with Crippen LogP contribution in [0.3, 0.4) is 0 Å². The van der Waals surface area contributed by atoms with Crippen LogP contribution in [-0.4, -0.2) is 29.1 Å². The Morgan fingerprint density at radius 1 is 1.38 bits per heavy atom. The van der Waals surface area contributed by atoms with E-state index in [4.69, 9.17) is 5.11 Å². The number of carboxylic acids is 1. The lowest BCUT2D eigenvalue weighted by Crippen LogP contribution is -2.36. The Hall–Kier alpha value is -1.88. The Balaban J connectivity index is 1.63. The summed E-state index contributed by atoms with van der Waals surface area (Å²) >= 11 is 1.69. The van der Waals surface area contributed by atoms with Crippen LogP contribution >= 0.6 is 11.3 Å². The lowest BCUT2D eigenvalue weighted by atomic mass is 9.91. The predicted octanol–water partition coefficient (Wildman–Crippen LogP) is 3.30. The first-order valence-electron chi connectivity index (χ1n) is 7.19. The van der Waals surface area contributed by atoms with Crippen LogP contribution in [0.2, 0.25) is 0 Å². The fourth-order valence-corrected chi connectivity index (χ4v) is 3.57. The van der Waals surface area contributed by atoms with E-state index in [1.54, 1.807) is 23.5 Å². The molecule has 1 saturated heterocycles. The Labute approximate surface area is 128 Å². The van der Waals surface area contributed by atoms with Crippen molar-refractivity contribution in [2.75, 3.05) is 18.0 Å². The first-order valence-corrected chi connectivity index (χ1v) is 8.07. The minimum absolute atomic E-state index is 0.354. The van der Waals surface area contributed by atoms with E-state index in [0.717, 1.165) is 24.6 Å². The fourth-order valence-electron chi connectivity index (χ4n) is 2.89. The van der Waals surface area contributed by atoms with E-state index in [-0.39, 0.29) is 0 Å². The van der Waals surface area contributed by atoms with E-state index in [0.29, 0.717) is 11.5 Å². The van der Waals surface area contributed by atoms with Crippen molar-refractivity contribution in [1.82, 2.24) is 4.98 Å². The highest BCUT2D eigenvalue weighted by molar-refractivity contribution is 7.13. The van der Waals surface area contributed by atoms with Crippen molar-refractivity contribution in [2.45, 2.75) is 19.3 Å². The summed E-state index contributed by atoms with van der Waals surface area (Å²) in [4.78, 5) is 17.6. The molecule has 0 bridgehead atoms. The second kappa shape index (κ2) is 6.26. The molecule has 1 atom stereocenters. The highest BCUT2D eigenvalue weighted by Crippen LogP contribution is 2.26. The zero-order valence-electron chi connectivity index (χ0n) is 11.7. The molecule has 110 valence electrons. The molecule has 0 amide bonds. The number of rotatable bonds is 4. The van der Waals surface area contributed by atoms with Crippen LogP contribution < -0.4 is 4.90 Å². The second-order valence-electron chi connectivity index (χ2n) is 5.48. The van der Waals surface area contributed by atoms with Crippen LogP contribution in [0, 0.1) is 5.92 Å². The molecule has 0 aliphatic carbocycles. The number of hydrogen-bond acceptors (Lipinski definition) is 4. The van der Waals surface area contributed by atoms with Gasteiger partial charge in [-0.1, -0.05) is 12.1 Å². The van der Waals surface area contributed by atoms with E-state index in [1.807, 2.05) is 23.7 Å². The van der Waals surface area contributed by atoms with Gasteiger partial charge in [0.2, 0.25) is 0 Å². The van der Waals surface area contributed by atoms with Gasteiger partial charge in [-0.05, 0) is 42.9 Å². The largest absolute Gasteiger partial charge is 0.478 e. The van der Waals surface area contributed by atoms with E-state index in [2.05, 4.69) is 9.88 Å². The zero-order valence-corrected chi connectivity index (χ0v) is 12.6.